The smallest absolute Gasteiger partial charge is 0.354 e. The lowest BCUT2D eigenvalue weighted by Crippen LogP contribution is -2.02. The van der Waals surface area contributed by atoms with Gasteiger partial charge in [0.15, 0.2) is 0 Å². The molecule has 0 saturated heterocycles. The molecule has 1 N–H and O–H groups in total. The summed E-state index contributed by atoms with van der Waals surface area (Å²) in [5, 5.41) is 11.3. The van der Waals surface area contributed by atoms with Crippen LogP contribution < -0.4 is 5.63 Å². The minimum Gasteiger partial charge on any atom is -0.506 e. The average Bonchev–Trinajstić information content (AvgIpc) is 2.51. The van der Waals surface area contributed by atoms with Crippen molar-refractivity contribution in [1.29, 1.82) is 0 Å². The Morgan fingerprint density at radius 2 is 1.65 bits per heavy atom. The van der Waals surface area contributed by atoms with E-state index >= 15 is 0 Å². The van der Waals surface area contributed by atoms with Gasteiger partial charge in [0.1, 0.15) is 16.4 Å². The Kier molecular flexibility index (Phi) is 4.66. The highest BCUT2D eigenvalue weighted by Crippen LogP contribution is 2.35. The molecular weight excluding hydrogens is 355 g/mol. The maximum Gasteiger partial charge on any atom is 0.354 e. The Balaban J connectivity index is 1.99. The number of aromatic hydroxyl groups is 1. The zero-order valence-corrected chi connectivity index (χ0v) is 14.0. The highest BCUT2D eigenvalue weighted by Gasteiger charge is 2.14. The number of benzene rings is 2. The van der Waals surface area contributed by atoms with Crippen molar-refractivity contribution in [3.8, 4) is 17.1 Å². The molecule has 0 amide bonds. The molecule has 6 heteroatoms. The second-order valence-electron chi connectivity index (χ2n) is 4.68. The van der Waals surface area contributed by atoms with E-state index in [4.69, 9.17) is 27.6 Å². The Labute approximate surface area is 146 Å². The van der Waals surface area contributed by atoms with Gasteiger partial charge < -0.3 is 9.52 Å². The third-order valence-corrected chi connectivity index (χ3v) is 4.55. The molecule has 3 nitrogen and oxygen atoms in total. The lowest BCUT2D eigenvalue weighted by atomic mass is 10.1. The maximum atomic E-state index is 12.2. The Morgan fingerprint density at radius 3 is 2.30 bits per heavy atom. The summed E-state index contributed by atoms with van der Waals surface area (Å²) in [6, 6.07) is 15.3. The quantitative estimate of drug-likeness (QED) is 0.669. The molecule has 1 aromatic heterocycles. The van der Waals surface area contributed by atoms with Crippen LogP contribution in [0.5, 0.6) is 5.75 Å². The monoisotopic (exact) mass is 364 g/mol. The normalized spacial score (nSPS) is 10.7. The average molecular weight is 365 g/mol. The molecule has 116 valence electrons. The maximum absolute atomic E-state index is 12.2. The molecule has 0 spiro atoms. The molecule has 0 aliphatic carbocycles. The number of halogens is 2. The minimum atomic E-state index is -0.620. The van der Waals surface area contributed by atoms with Crippen molar-refractivity contribution in [2.75, 3.05) is 0 Å². The first-order valence-electron chi connectivity index (χ1n) is 6.59. The Bertz CT molecular complexity index is 922. The molecule has 0 aliphatic heterocycles. The molecule has 2 aromatic carbocycles. The summed E-state index contributed by atoms with van der Waals surface area (Å²) in [6.45, 7) is 0. The van der Waals surface area contributed by atoms with Crippen LogP contribution in [0.1, 0.15) is 0 Å². The lowest BCUT2D eigenvalue weighted by Gasteiger charge is -2.06. The lowest BCUT2D eigenvalue weighted by molar-refractivity contribution is 0.430. The van der Waals surface area contributed by atoms with E-state index in [9.17, 15) is 9.90 Å². The van der Waals surface area contributed by atoms with Gasteiger partial charge in [-0.25, -0.2) is 4.79 Å². The largest absolute Gasteiger partial charge is 0.506 e. The van der Waals surface area contributed by atoms with E-state index in [1.807, 2.05) is 0 Å². The highest BCUT2D eigenvalue weighted by atomic mass is 35.5. The number of hydrogen-bond acceptors (Lipinski definition) is 4. The van der Waals surface area contributed by atoms with Crippen LogP contribution in [0.4, 0.5) is 0 Å². The van der Waals surface area contributed by atoms with Crippen molar-refractivity contribution in [2.24, 2.45) is 0 Å². The van der Waals surface area contributed by atoms with Crippen molar-refractivity contribution in [1.82, 2.24) is 0 Å². The first-order valence-corrected chi connectivity index (χ1v) is 8.16. The molecule has 0 fully saturated rings. The van der Waals surface area contributed by atoms with Crippen LogP contribution in [0.3, 0.4) is 0 Å². The van der Waals surface area contributed by atoms with Crippen molar-refractivity contribution < 1.29 is 9.52 Å². The molecule has 23 heavy (non-hydrogen) atoms. The zero-order chi connectivity index (χ0) is 16.4. The summed E-state index contributed by atoms with van der Waals surface area (Å²) < 4.78 is 5.30. The first-order chi connectivity index (χ1) is 11.0. The molecule has 0 unspecified atom stereocenters. The van der Waals surface area contributed by atoms with E-state index in [0.29, 0.717) is 15.6 Å². The Morgan fingerprint density at radius 1 is 0.957 bits per heavy atom. The summed E-state index contributed by atoms with van der Waals surface area (Å²) in [5.74, 6) is 0.103. The van der Waals surface area contributed by atoms with Crippen LogP contribution in [0.25, 0.3) is 11.3 Å². The Hall–Kier alpha value is -1.88. The van der Waals surface area contributed by atoms with Crippen LogP contribution >= 0.6 is 35.0 Å². The highest BCUT2D eigenvalue weighted by molar-refractivity contribution is 7.99. The predicted molar refractivity (Wildman–Crippen MR) is 92.7 cm³/mol. The molecule has 3 aromatic rings. The van der Waals surface area contributed by atoms with E-state index in [-0.39, 0.29) is 16.4 Å². The van der Waals surface area contributed by atoms with E-state index in [2.05, 4.69) is 0 Å². The summed E-state index contributed by atoms with van der Waals surface area (Å²) in [7, 11) is 0. The predicted octanol–water partition coefficient (Wildman–Crippen LogP) is 5.47. The van der Waals surface area contributed by atoms with Crippen molar-refractivity contribution in [2.45, 2.75) is 9.79 Å². The fraction of sp³-hybridized carbons (Fsp3) is 0. The molecule has 0 atom stereocenters. The summed E-state index contributed by atoms with van der Waals surface area (Å²) in [5.41, 5.74) is -0.00541. The fourth-order valence-electron chi connectivity index (χ4n) is 2.00. The third kappa shape index (κ3) is 3.72. The van der Waals surface area contributed by atoms with Gasteiger partial charge in [-0.1, -0.05) is 53.2 Å². The van der Waals surface area contributed by atoms with Gasteiger partial charge in [0.2, 0.25) is 0 Å². The topological polar surface area (TPSA) is 50.4 Å². The summed E-state index contributed by atoms with van der Waals surface area (Å²) in [4.78, 5) is 13.0. The first kappa shape index (κ1) is 16.0. The molecule has 0 bridgehead atoms. The molecule has 0 aliphatic rings. The van der Waals surface area contributed by atoms with E-state index in [1.54, 1.807) is 48.5 Å². The van der Waals surface area contributed by atoms with Crippen LogP contribution in [0.2, 0.25) is 10.0 Å². The summed E-state index contributed by atoms with van der Waals surface area (Å²) >= 11 is 12.9. The van der Waals surface area contributed by atoms with Crippen molar-refractivity contribution in [3.05, 3.63) is 75.1 Å². The number of hydrogen-bond donors (Lipinski definition) is 1. The third-order valence-electron chi connectivity index (χ3n) is 3.01. The van der Waals surface area contributed by atoms with Crippen LogP contribution in [-0.4, -0.2) is 5.11 Å². The second-order valence-corrected chi connectivity index (χ2v) is 6.64. The molecular formula is C17H10Cl2O3S. The van der Waals surface area contributed by atoms with Gasteiger partial charge in [-0.15, -0.1) is 0 Å². The molecule has 0 saturated carbocycles. The van der Waals surface area contributed by atoms with E-state index in [0.717, 1.165) is 16.7 Å². The van der Waals surface area contributed by atoms with E-state index in [1.165, 1.54) is 6.07 Å². The van der Waals surface area contributed by atoms with Gasteiger partial charge in [0.25, 0.3) is 0 Å². The van der Waals surface area contributed by atoms with E-state index < -0.39 is 5.63 Å². The van der Waals surface area contributed by atoms with Gasteiger partial charge in [-0.2, -0.15) is 0 Å². The van der Waals surface area contributed by atoms with Gasteiger partial charge in [0.05, 0.1) is 0 Å². The number of rotatable bonds is 3. The summed E-state index contributed by atoms with van der Waals surface area (Å²) in [6.07, 6.45) is 0. The van der Waals surface area contributed by atoms with Gasteiger partial charge in [0, 0.05) is 26.6 Å². The molecule has 0 radical (unpaired) electrons. The van der Waals surface area contributed by atoms with Crippen molar-refractivity contribution in [3.63, 3.8) is 0 Å². The zero-order valence-electron chi connectivity index (χ0n) is 11.6. The molecule has 1 heterocycles. The fourth-order valence-corrected chi connectivity index (χ4v) is 3.30. The SMILES string of the molecule is O=c1oc(-c2cccc(Cl)c2)cc(O)c1Sc1cccc(Cl)c1. The van der Waals surface area contributed by atoms with Gasteiger partial charge >= 0.3 is 5.63 Å². The van der Waals surface area contributed by atoms with Crippen LogP contribution in [-0.2, 0) is 0 Å². The molecule has 3 rings (SSSR count). The van der Waals surface area contributed by atoms with Crippen molar-refractivity contribution >= 4 is 35.0 Å². The van der Waals surface area contributed by atoms with Crippen LogP contribution in [0, 0.1) is 0 Å². The van der Waals surface area contributed by atoms with Gasteiger partial charge in [-0.05, 0) is 30.3 Å². The standard InChI is InChI=1S/C17H10Cl2O3S/c18-11-4-1-3-10(7-11)15-9-14(20)16(17(21)22-15)23-13-6-2-5-12(19)8-13/h1-9,20H. The van der Waals surface area contributed by atoms with Gasteiger partial charge in [-0.3, -0.25) is 0 Å². The minimum absolute atomic E-state index is 0.109. The second kappa shape index (κ2) is 6.71. The van der Waals surface area contributed by atoms with Crippen LogP contribution in [0.15, 0.2) is 73.6 Å².